The lowest BCUT2D eigenvalue weighted by Gasteiger charge is -2.28. The summed E-state index contributed by atoms with van der Waals surface area (Å²) < 4.78 is 1.87. The average molecular weight is 288 g/mol. The Bertz CT molecular complexity index is 490. The van der Waals surface area contributed by atoms with Gasteiger partial charge in [0.05, 0.1) is 13.1 Å². The van der Waals surface area contributed by atoms with Crippen molar-refractivity contribution in [1.29, 1.82) is 0 Å². The van der Waals surface area contributed by atoms with Crippen LogP contribution >= 0.6 is 0 Å². The highest BCUT2D eigenvalue weighted by atomic mass is 16.2. The number of nitrogens with zero attached hydrogens (tertiary/aromatic N) is 3. The second-order valence-electron chi connectivity index (χ2n) is 5.88. The van der Waals surface area contributed by atoms with Crippen molar-refractivity contribution in [2.45, 2.75) is 51.1 Å². The van der Waals surface area contributed by atoms with E-state index in [0.29, 0.717) is 12.6 Å². The highest BCUT2D eigenvalue weighted by Gasteiger charge is 2.34. The standard InChI is InChI=1S/C16H24N4O/c21-16(13-17-10-12-19-11-4-9-18-19)20(15-7-8-15)14-5-2-1-3-6-14/h4-5,9,11,15,17H,1-3,6-8,10,12-13H2. The molecule has 114 valence electrons. The van der Waals surface area contributed by atoms with Crippen LogP contribution in [0.25, 0.3) is 0 Å². The van der Waals surface area contributed by atoms with Gasteiger partial charge < -0.3 is 10.2 Å². The Balaban J connectivity index is 1.47. The largest absolute Gasteiger partial charge is 0.312 e. The van der Waals surface area contributed by atoms with E-state index in [-0.39, 0.29) is 5.91 Å². The maximum Gasteiger partial charge on any atom is 0.240 e. The third-order valence-electron chi connectivity index (χ3n) is 4.11. The first-order chi connectivity index (χ1) is 10.3. The zero-order valence-electron chi connectivity index (χ0n) is 12.5. The lowest BCUT2D eigenvalue weighted by Crippen LogP contribution is -2.40. The van der Waals surface area contributed by atoms with Gasteiger partial charge >= 0.3 is 0 Å². The minimum atomic E-state index is 0.228. The second-order valence-corrected chi connectivity index (χ2v) is 5.88. The van der Waals surface area contributed by atoms with Crippen LogP contribution in [0.4, 0.5) is 0 Å². The smallest absolute Gasteiger partial charge is 0.240 e. The Morgan fingerprint density at radius 3 is 3.00 bits per heavy atom. The van der Waals surface area contributed by atoms with Crippen LogP contribution in [0, 0.1) is 0 Å². The molecule has 0 unspecified atom stereocenters. The topological polar surface area (TPSA) is 50.2 Å². The Labute approximate surface area is 126 Å². The van der Waals surface area contributed by atoms with E-state index in [0.717, 1.165) is 38.8 Å². The fourth-order valence-electron chi connectivity index (χ4n) is 2.88. The van der Waals surface area contributed by atoms with Gasteiger partial charge in [0, 0.05) is 30.7 Å². The summed E-state index contributed by atoms with van der Waals surface area (Å²) in [6, 6.07) is 2.38. The first-order valence-electron chi connectivity index (χ1n) is 8.04. The molecule has 2 aliphatic rings. The lowest BCUT2D eigenvalue weighted by molar-refractivity contribution is -0.129. The Morgan fingerprint density at radius 1 is 1.43 bits per heavy atom. The van der Waals surface area contributed by atoms with Gasteiger partial charge in [-0.1, -0.05) is 6.08 Å². The van der Waals surface area contributed by atoms with E-state index in [2.05, 4.69) is 21.4 Å². The van der Waals surface area contributed by atoms with Crippen molar-refractivity contribution >= 4 is 5.91 Å². The minimum absolute atomic E-state index is 0.228. The van der Waals surface area contributed by atoms with Crippen molar-refractivity contribution in [2.24, 2.45) is 0 Å². The average Bonchev–Trinajstić information content (AvgIpc) is 3.20. The number of nitrogens with one attached hydrogen (secondary N) is 1. The zero-order chi connectivity index (χ0) is 14.5. The first-order valence-corrected chi connectivity index (χ1v) is 8.04. The van der Waals surface area contributed by atoms with E-state index in [1.54, 1.807) is 6.20 Å². The molecule has 5 heteroatoms. The summed E-state index contributed by atoms with van der Waals surface area (Å²) in [5.74, 6) is 0.228. The molecule has 1 aromatic rings. The van der Waals surface area contributed by atoms with Gasteiger partial charge in [0.2, 0.25) is 5.91 Å². The number of amides is 1. The van der Waals surface area contributed by atoms with Gasteiger partial charge in [-0.15, -0.1) is 0 Å². The van der Waals surface area contributed by atoms with E-state index in [9.17, 15) is 4.79 Å². The van der Waals surface area contributed by atoms with Crippen LogP contribution in [0.1, 0.15) is 38.5 Å². The Hall–Kier alpha value is -1.62. The molecule has 1 saturated carbocycles. The Morgan fingerprint density at radius 2 is 2.33 bits per heavy atom. The maximum absolute atomic E-state index is 12.5. The third kappa shape index (κ3) is 3.94. The molecule has 2 aliphatic carbocycles. The molecule has 5 nitrogen and oxygen atoms in total. The molecule has 1 fully saturated rings. The van der Waals surface area contributed by atoms with Crippen LogP contribution in [0.3, 0.4) is 0 Å². The number of hydrogen-bond donors (Lipinski definition) is 1. The van der Waals surface area contributed by atoms with Crippen molar-refractivity contribution in [3.63, 3.8) is 0 Å². The molecule has 0 spiro atoms. The molecule has 21 heavy (non-hydrogen) atoms. The molecule has 0 bridgehead atoms. The monoisotopic (exact) mass is 288 g/mol. The van der Waals surface area contributed by atoms with Gasteiger partial charge in [-0.2, -0.15) is 5.10 Å². The number of carbonyl (C=O) groups is 1. The number of carbonyl (C=O) groups excluding carboxylic acids is 1. The quantitative estimate of drug-likeness (QED) is 0.780. The predicted octanol–water partition coefficient (Wildman–Crippen LogP) is 1.92. The van der Waals surface area contributed by atoms with Crippen molar-refractivity contribution < 1.29 is 4.79 Å². The fraction of sp³-hybridized carbons (Fsp3) is 0.625. The number of hydrogen-bond acceptors (Lipinski definition) is 3. The molecule has 1 aromatic heterocycles. The molecule has 0 saturated heterocycles. The summed E-state index contributed by atoms with van der Waals surface area (Å²) in [5, 5.41) is 7.40. The summed E-state index contributed by atoms with van der Waals surface area (Å²) in [5.41, 5.74) is 1.27. The van der Waals surface area contributed by atoms with Crippen LogP contribution in [-0.2, 0) is 11.3 Å². The summed E-state index contributed by atoms with van der Waals surface area (Å²) >= 11 is 0. The molecule has 1 amide bonds. The molecule has 0 aromatic carbocycles. The van der Waals surface area contributed by atoms with E-state index in [1.165, 1.54) is 18.5 Å². The summed E-state index contributed by atoms with van der Waals surface area (Å²) in [6.07, 6.45) is 13.0. The molecule has 1 N–H and O–H groups in total. The molecule has 0 radical (unpaired) electrons. The van der Waals surface area contributed by atoms with Gasteiger partial charge in [0.1, 0.15) is 0 Å². The first kappa shape index (κ1) is 14.3. The number of allylic oxidation sites excluding steroid dienone is 2. The summed E-state index contributed by atoms with van der Waals surface area (Å²) in [6.45, 7) is 1.99. The van der Waals surface area contributed by atoms with E-state index >= 15 is 0 Å². The van der Waals surface area contributed by atoms with E-state index in [1.807, 2.05) is 16.9 Å². The highest BCUT2D eigenvalue weighted by molar-refractivity contribution is 5.80. The Kier molecular flexibility index (Phi) is 4.70. The molecular formula is C16H24N4O. The van der Waals surface area contributed by atoms with Gasteiger partial charge in [0.25, 0.3) is 0 Å². The lowest BCUT2D eigenvalue weighted by atomic mass is 10.0. The zero-order valence-corrected chi connectivity index (χ0v) is 12.5. The maximum atomic E-state index is 12.5. The third-order valence-corrected chi connectivity index (χ3v) is 4.11. The normalized spacial score (nSPS) is 18.4. The molecule has 3 rings (SSSR count). The van der Waals surface area contributed by atoms with Crippen LogP contribution in [0.15, 0.2) is 30.2 Å². The molecule has 1 heterocycles. The minimum Gasteiger partial charge on any atom is -0.312 e. The highest BCUT2D eigenvalue weighted by Crippen LogP contribution is 2.33. The fourth-order valence-corrected chi connectivity index (χ4v) is 2.88. The van der Waals surface area contributed by atoms with Crippen LogP contribution in [0.2, 0.25) is 0 Å². The van der Waals surface area contributed by atoms with E-state index in [4.69, 9.17) is 0 Å². The number of rotatable bonds is 7. The van der Waals surface area contributed by atoms with Crippen LogP contribution < -0.4 is 5.32 Å². The van der Waals surface area contributed by atoms with Crippen molar-refractivity contribution in [3.8, 4) is 0 Å². The van der Waals surface area contributed by atoms with Crippen molar-refractivity contribution in [2.75, 3.05) is 13.1 Å². The van der Waals surface area contributed by atoms with Gasteiger partial charge in [-0.25, -0.2) is 0 Å². The van der Waals surface area contributed by atoms with Gasteiger partial charge in [-0.3, -0.25) is 9.48 Å². The number of aromatic nitrogens is 2. The van der Waals surface area contributed by atoms with Crippen molar-refractivity contribution in [3.05, 3.63) is 30.2 Å². The summed E-state index contributed by atoms with van der Waals surface area (Å²) in [7, 11) is 0. The summed E-state index contributed by atoms with van der Waals surface area (Å²) in [4.78, 5) is 14.6. The molecule has 0 atom stereocenters. The second kappa shape index (κ2) is 6.89. The van der Waals surface area contributed by atoms with Crippen molar-refractivity contribution in [1.82, 2.24) is 20.0 Å². The SMILES string of the molecule is O=C(CNCCn1cccn1)N(C1=CCCCC1)C1CC1. The predicted molar refractivity (Wildman–Crippen MR) is 81.5 cm³/mol. The van der Waals surface area contributed by atoms with Gasteiger partial charge in [-0.05, 0) is 44.6 Å². The molecule has 0 aliphatic heterocycles. The van der Waals surface area contributed by atoms with Crippen LogP contribution in [-0.4, -0.2) is 39.7 Å². The van der Waals surface area contributed by atoms with Crippen LogP contribution in [0.5, 0.6) is 0 Å². The van der Waals surface area contributed by atoms with Gasteiger partial charge in [0.15, 0.2) is 0 Å². The molecular weight excluding hydrogens is 264 g/mol. The van der Waals surface area contributed by atoms with E-state index < -0.39 is 0 Å².